The van der Waals surface area contributed by atoms with E-state index in [1.54, 1.807) is 22.9 Å². The summed E-state index contributed by atoms with van der Waals surface area (Å²) < 4.78 is 8.77. The van der Waals surface area contributed by atoms with E-state index in [1.165, 1.54) is 26.9 Å². The SMILES string of the molecule is CN1CCc2ccc(Nc3ncc4c(=O)n5n(c4n3)-c3ccc4c(n3)N(CC(O)CC=CC5)C(=O)CO4)cc2C1. The van der Waals surface area contributed by atoms with Crippen molar-refractivity contribution < 1.29 is 14.6 Å². The molecule has 40 heavy (non-hydrogen) atoms. The highest BCUT2D eigenvalue weighted by Gasteiger charge is 2.30. The number of anilines is 3. The van der Waals surface area contributed by atoms with E-state index in [-0.39, 0.29) is 31.2 Å². The van der Waals surface area contributed by atoms with Crippen LogP contribution in [0.2, 0.25) is 0 Å². The van der Waals surface area contributed by atoms with Crippen LogP contribution in [0, 0.1) is 0 Å². The second-order valence-electron chi connectivity index (χ2n) is 10.4. The topological polar surface area (TPSA) is 131 Å². The molecule has 3 aromatic heterocycles. The van der Waals surface area contributed by atoms with E-state index in [9.17, 15) is 14.7 Å². The number of aliphatic hydroxyl groups is 1. The van der Waals surface area contributed by atoms with Crippen molar-refractivity contribution in [3.63, 3.8) is 0 Å². The first-order valence-electron chi connectivity index (χ1n) is 13.3. The van der Waals surface area contributed by atoms with Crippen LogP contribution in [0.4, 0.5) is 17.5 Å². The molecule has 0 radical (unpaired) electrons. The number of amides is 1. The summed E-state index contributed by atoms with van der Waals surface area (Å²) in [5.41, 5.74) is 3.58. The third-order valence-corrected chi connectivity index (χ3v) is 7.54. The maximum atomic E-state index is 13.5. The first-order chi connectivity index (χ1) is 19.4. The van der Waals surface area contributed by atoms with Crippen molar-refractivity contribution >= 4 is 34.4 Å². The van der Waals surface area contributed by atoms with Gasteiger partial charge < -0.3 is 20.1 Å². The molecule has 0 saturated heterocycles. The molecule has 204 valence electrons. The number of rotatable bonds is 2. The Morgan fingerprint density at radius 3 is 2.90 bits per heavy atom. The Morgan fingerprint density at radius 2 is 2.00 bits per heavy atom. The molecular formula is C28H28N8O4. The van der Waals surface area contributed by atoms with Crippen molar-refractivity contribution in [3.8, 4) is 11.6 Å². The molecule has 1 atom stereocenters. The average molecular weight is 541 g/mol. The van der Waals surface area contributed by atoms with Crippen LogP contribution in [-0.2, 0) is 24.3 Å². The van der Waals surface area contributed by atoms with Gasteiger partial charge in [0.25, 0.3) is 11.5 Å². The second kappa shape index (κ2) is 9.57. The summed E-state index contributed by atoms with van der Waals surface area (Å²) >= 11 is 0. The lowest BCUT2D eigenvalue weighted by Gasteiger charge is -2.30. The van der Waals surface area contributed by atoms with Gasteiger partial charge in [-0.3, -0.25) is 14.5 Å². The van der Waals surface area contributed by atoms with E-state index < -0.39 is 6.10 Å². The monoisotopic (exact) mass is 540 g/mol. The van der Waals surface area contributed by atoms with Crippen molar-refractivity contribution in [2.24, 2.45) is 0 Å². The third-order valence-electron chi connectivity index (χ3n) is 7.54. The lowest BCUT2D eigenvalue weighted by molar-refractivity contribution is -0.121. The molecule has 3 aliphatic rings. The van der Waals surface area contributed by atoms with Crippen LogP contribution in [0.15, 0.2) is 53.5 Å². The molecule has 12 nitrogen and oxygen atoms in total. The minimum Gasteiger partial charge on any atom is -0.480 e. The molecule has 2 N–H and O–H groups in total. The molecule has 2 bridgehead atoms. The number of likely N-dealkylation sites (N-methyl/N-ethyl adjacent to an activating group) is 1. The molecular weight excluding hydrogens is 512 g/mol. The van der Waals surface area contributed by atoms with E-state index in [4.69, 9.17) is 14.7 Å². The van der Waals surface area contributed by atoms with Gasteiger partial charge in [0.15, 0.2) is 29.6 Å². The zero-order valence-electron chi connectivity index (χ0n) is 21.9. The lowest BCUT2D eigenvalue weighted by Crippen LogP contribution is -2.44. The molecule has 6 heterocycles. The molecule has 4 aromatic rings. The van der Waals surface area contributed by atoms with Gasteiger partial charge in [-0.05, 0) is 55.3 Å². The normalized spacial score (nSPS) is 18.9. The number of ether oxygens (including phenoxy) is 1. The molecule has 7 rings (SSSR count). The number of nitrogens with one attached hydrogen (secondary N) is 1. The largest absolute Gasteiger partial charge is 0.480 e. The van der Waals surface area contributed by atoms with Gasteiger partial charge in [-0.15, -0.1) is 0 Å². The third kappa shape index (κ3) is 4.21. The van der Waals surface area contributed by atoms with Gasteiger partial charge in [0, 0.05) is 25.0 Å². The number of hydrogen-bond acceptors (Lipinski definition) is 9. The Kier molecular flexibility index (Phi) is 5.86. The highest BCUT2D eigenvalue weighted by Crippen LogP contribution is 2.32. The number of hydrogen-bond donors (Lipinski definition) is 2. The van der Waals surface area contributed by atoms with Crippen LogP contribution in [0.3, 0.4) is 0 Å². The maximum Gasteiger partial charge on any atom is 0.278 e. The van der Waals surface area contributed by atoms with Crippen molar-refractivity contribution in [3.05, 3.63) is 70.2 Å². The quantitative estimate of drug-likeness (QED) is 0.365. The summed E-state index contributed by atoms with van der Waals surface area (Å²) in [4.78, 5) is 43.9. The minimum absolute atomic E-state index is 0.0853. The fourth-order valence-electron chi connectivity index (χ4n) is 5.48. The highest BCUT2D eigenvalue weighted by atomic mass is 16.5. The smallest absolute Gasteiger partial charge is 0.278 e. The van der Waals surface area contributed by atoms with Gasteiger partial charge in [0.1, 0.15) is 5.39 Å². The number of fused-ring (bicyclic) bond motifs is 6. The molecule has 0 saturated carbocycles. The van der Waals surface area contributed by atoms with Crippen LogP contribution in [0.1, 0.15) is 17.5 Å². The summed E-state index contributed by atoms with van der Waals surface area (Å²) in [5, 5.41) is 14.2. The molecule has 12 heteroatoms. The zero-order chi connectivity index (χ0) is 27.4. The van der Waals surface area contributed by atoms with Crippen LogP contribution in [-0.4, -0.2) is 73.1 Å². The Hall–Kier alpha value is -4.55. The molecule has 0 spiro atoms. The Bertz CT molecular complexity index is 1740. The van der Waals surface area contributed by atoms with Gasteiger partial charge in [0.2, 0.25) is 5.95 Å². The fourth-order valence-corrected chi connectivity index (χ4v) is 5.48. The van der Waals surface area contributed by atoms with Crippen LogP contribution >= 0.6 is 0 Å². The molecule has 1 unspecified atom stereocenters. The standard InChI is InChI=1S/C28H28N8O4/c1-33-11-9-17-5-6-19(12-18(17)14-33)30-28-29-13-21-25(32-28)36-23-8-7-22-26(31-23)34(24(38)16-40-22)15-20(37)4-2-3-10-35(36)27(21)39/h2-3,5-8,12-13,20,37H,4,9-11,14-16H2,1H3,(H,29,30,32). The molecule has 0 fully saturated rings. The number of nitrogens with zero attached hydrogens (tertiary/aromatic N) is 7. The first kappa shape index (κ1) is 24.5. The summed E-state index contributed by atoms with van der Waals surface area (Å²) in [5.74, 6) is 1.17. The fraction of sp³-hybridized carbons (Fsp3) is 0.321. The van der Waals surface area contributed by atoms with Gasteiger partial charge in [-0.1, -0.05) is 18.2 Å². The number of allylic oxidation sites excluding steroid dienone is 1. The highest BCUT2D eigenvalue weighted by molar-refractivity contribution is 5.97. The number of carbonyl (C=O) groups excluding carboxylic acids is 1. The van der Waals surface area contributed by atoms with E-state index in [1.807, 2.05) is 12.1 Å². The van der Waals surface area contributed by atoms with Crippen LogP contribution in [0.25, 0.3) is 16.9 Å². The predicted molar refractivity (Wildman–Crippen MR) is 148 cm³/mol. The van der Waals surface area contributed by atoms with Crippen molar-refractivity contribution in [1.29, 1.82) is 0 Å². The van der Waals surface area contributed by atoms with Crippen molar-refractivity contribution in [2.45, 2.75) is 32.0 Å². The second-order valence-corrected chi connectivity index (χ2v) is 10.4. The number of pyridine rings is 1. The van der Waals surface area contributed by atoms with Crippen molar-refractivity contribution in [2.75, 3.05) is 37.0 Å². The molecule has 0 aliphatic carbocycles. The average Bonchev–Trinajstić information content (AvgIpc) is 3.22. The first-order valence-corrected chi connectivity index (χ1v) is 13.3. The predicted octanol–water partition coefficient (Wildman–Crippen LogP) is 1.75. The zero-order valence-corrected chi connectivity index (χ0v) is 21.9. The van der Waals surface area contributed by atoms with E-state index in [0.29, 0.717) is 40.8 Å². The molecule has 3 aliphatic heterocycles. The number of aliphatic hydroxyl groups excluding tert-OH is 1. The van der Waals surface area contributed by atoms with Crippen LogP contribution in [0.5, 0.6) is 5.75 Å². The van der Waals surface area contributed by atoms with Gasteiger partial charge in [0.05, 0.1) is 19.2 Å². The van der Waals surface area contributed by atoms with Crippen molar-refractivity contribution in [1.82, 2.24) is 29.2 Å². The van der Waals surface area contributed by atoms with E-state index in [0.717, 1.165) is 25.2 Å². The number of carbonyl (C=O) groups is 1. The van der Waals surface area contributed by atoms with E-state index >= 15 is 0 Å². The van der Waals surface area contributed by atoms with Gasteiger partial charge in [-0.25, -0.2) is 19.3 Å². The summed E-state index contributed by atoms with van der Waals surface area (Å²) in [6.45, 7) is 2.11. The lowest BCUT2D eigenvalue weighted by atomic mass is 9.99. The number of aromatic nitrogens is 5. The van der Waals surface area contributed by atoms with Crippen LogP contribution < -0.4 is 20.5 Å². The Labute approximate surface area is 229 Å². The Morgan fingerprint density at radius 1 is 1.10 bits per heavy atom. The van der Waals surface area contributed by atoms with Gasteiger partial charge >= 0.3 is 0 Å². The van der Waals surface area contributed by atoms with Gasteiger partial charge in [-0.2, -0.15) is 4.98 Å². The summed E-state index contributed by atoms with van der Waals surface area (Å²) in [7, 11) is 2.11. The minimum atomic E-state index is -0.790. The molecule has 1 aromatic carbocycles. The summed E-state index contributed by atoms with van der Waals surface area (Å²) in [6, 6.07) is 9.71. The molecule has 1 amide bonds. The number of benzene rings is 1. The summed E-state index contributed by atoms with van der Waals surface area (Å²) in [6.07, 6.45) is 5.69. The maximum absolute atomic E-state index is 13.5. The Balaban J connectivity index is 1.35. The van der Waals surface area contributed by atoms with E-state index in [2.05, 4.69) is 34.4 Å².